The summed E-state index contributed by atoms with van der Waals surface area (Å²) in [5.74, 6) is 1.60. The fourth-order valence-corrected chi connectivity index (χ4v) is 2.27. The normalized spacial score (nSPS) is 14.8. The summed E-state index contributed by atoms with van der Waals surface area (Å²) in [4.78, 5) is 17.1. The highest BCUT2D eigenvalue weighted by Crippen LogP contribution is 2.16. The summed E-state index contributed by atoms with van der Waals surface area (Å²) >= 11 is 0. The first-order chi connectivity index (χ1) is 10.3. The first kappa shape index (κ1) is 13.1. The molecule has 1 saturated heterocycles. The molecular weight excluding hydrogens is 266 g/mol. The van der Waals surface area contributed by atoms with Gasteiger partial charge in [0.1, 0.15) is 11.9 Å². The molecule has 0 saturated carbocycles. The minimum atomic E-state index is 0.569. The monoisotopic (exact) mass is 281 g/mol. The van der Waals surface area contributed by atoms with Crippen molar-refractivity contribution in [1.82, 2.24) is 15.0 Å². The number of nitrogens with zero attached hydrogens (tertiary/aromatic N) is 6. The molecule has 7 heteroatoms. The number of hydrogen-bond donors (Lipinski definition) is 1. The first-order valence-electron chi connectivity index (χ1n) is 6.70. The van der Waals surface area contributed by atoms with Crippen molar-refractivity contribution in [3.05, 3.63) is 36.3 Å². The molecule has 0 aromatic carbocycles. The van der Waals surface area contributed by atoms with Gasteiger partial charge in [0.15, 0.2) is 0 Å². The average Bonchev–Trinajstić information content (AvgIpc) is 2.56. The Morgan fingerprint density at radius 2 is 1.62 bits per heavy atom. The minimum absolute atomic E-state index is 0.569. The third-order valence-electron chi connectivity index (χ3n) is 3.42. The molecule has 0 aliphatic carbocycles. The maximum absolute atomic E-state index is 8.79. The van der Waals surface area contributed by atoms with Gasteiger partial charge in [-0.1, -0.05) is 0 Å². The van der Waals surface area contributed by atoms with Crippen LogP contribution in [-0.4, -0.2) is 41.1 Å². The molecule has 1 fully saturated rings. The highest BCUT2D eigenvalue weighted by molar-refractivity contribution is 5.45. The lowest BCUT2D eigenvalue weighted by Gasteiger charge is -2.35. The van der Waals surface area contributed by atoms with Crippen LogP contribution < -0.4 is 15.5 Å². The van der Waals surface area contributed by atoms with Crippen LogP contribution >= 0.6 is 0 Å². The molecule has 1 aliphatic rings. The quantitative estimate of drug-likeness (QED) is 0.863. The van der Waals surface area contributed by atoms with Gasteiger partial charge in [-0.05, 0) is 12.1 Å². The fraction of sp³-hybridized carbons (Fsp3) is 0.286. The van der Waals surface area contributed by atoms with Crippen LogP contribution in [0, 0.1) is 11.3 Å². The first-order valence-corrected chi connectivity index (χ1v) is 6.70. The number of nitriles is 1. The lowest BCUT2D eigenvalue weighted by molar-refractivity contribution is 0.634. The second kappa shape index (κ2) is 5.63. The molecule has 7 nitrogen and oxygen atoms in total. The van der Waals surface area contributed by atoms with Gasteiger partial charge in [-0.15, -0.1) is 0 Å². The summed E-state index contributed by atoms with van der Waals surface area (Å²) in [7, 11) is 0. The molecule has 2 N–H and O–H groups in total. The molecule has 0 spiro atoms. The highest BCUT2D eigenvalue weighted by atomic mass is 15.3. The largest absolute Gasteiger partial charge is 0.396 e. The lowest BCUT2D eigenvalue weighted by atomic mass is 10.2. The van der Waals surface area contributed by atoms with Crippen LogP contribution in [0.3, 0.4) is 0 Å². The van der Waals surface area contributed by atoms with Gasteiger partial charge in [0.25, 0.3) is 0 Å². The van der Waals surface area contributed by atoms with Crippen molar-refractivity contribution in [2.24, 2.45) is 0 Å². The number of pyridine rings is 1. The Labute approximate surface area is 122 Å². The highest BCUT2D eigenvalue weighted by Gasteiger charge is 2.19. The molecule has 1 aliphatic heterocycles. The van der Waals surface area contributed by atoms with E-state index in [9.17, 15) is 0 Å². The maximum Gasteiger partial charge on any atom is 0.225 e. The predicted octanol–water partition coefficient (Wildman–Crippen LogP) is 0.652. The lowest BCUT2D eigenvalue weighted by Crippen LogP contribution is -2.47. The second-order valence-electron chi connectivity index (χ2n) is 4.81. The molecular formula is C14H15N7. The fourth-order valence-electron chi connectivity index (χ4n) is 2.27. The number of hydrogen-bond acceptors (Lipinski definition) is 7. The van der Waals surface area contributed by atoms with E-state index in [-0.39, 0.29) is 0 Å². The summed E-state index contributed by atoms with van der Waals surface area (Å²) in [5.41, 5.74) is 6.74. The van der Waals surface area contributed by atoms with Gasteiger partial charge in [0.2, 0.25) is 5.95 Å². The third-order valence-corrected chi connectivity index (χ3v) is 3.42. The van der Waals surface area contributed by atoms with E-state index in [0.29, 0.717) is 17.2 Å². The van der Waals surface area contributed by atoms with Crippen LogP contribution in [0.15, 0.2) is 30.7 Å². The summed E-state index contributed by atoms with van der Waals surface area (Å²) < 4.78 is 0. The van der Waals surface area contributed by atoms with Gasteiger partial charge < -0.3 is 15.5 Å². The molecule has 2 aromatic heterocycles. The van der Waals surface area contributed by atoms with Gasteiger partial charge >= 0.3 is 0 Å². The van der Waals surface area contributed by atoms with Gasteiger partial charge in [-0.3, -0.25) is 0 Å². The van der Waals surface area contributed by atoms with E-state index in [0.717, 1.165) is 32.0 Å². The zero-order valence-corrected chi connectivity index (χ0v) is 11.5. The summed E-state index contributed by atoms with van der Waals surface area (Å²) in [6.07, 6.45) is 4.85. The van der Waals surface area contributed by atoms with E-state index < -0.39 is 0 Å². The van der Waals surface area contributed by atoms with Gasteiger partial charge in [0, 0.05) is 32.4 Å². The average molecular weight is 281 g/mol. The Morgan fingerprint density at radius 3 is 2.19 bits per heavy atom. The van der Waals surface area contributed by atoms with E-state index in [2.05, 4.69) is 30.8 Å². The Hall–Kier alpha value is -2.88. The van der Waals surface area contributed by atoms with Crippen LogP contribution in [0.1, 0.15) is 5.56 Å². The maximum atomic E-state index is 8.79. The summed E-state index contributed by atoms with van der Waals surface area (Å²) in [6, 6.07) is 5.75. The van der Waals surface area contributed by atoms with E-state index in [1.165, 1.54) is 0 Å². The zero-order valence-electron chi connectivity index (χ0n) is 11.5. The summed E-state index contributed by atoms with van der Waals surface area (Å²) in [5, 5.41) is 8.79. The molecule has 3 rings (SSSR count). The van der Waals surface area contributed by atoms with Gasteiger partial charge in [0.05, 0.1) is 23.6 Å². The van der Waals surface area contributed by atoms with Crippen molar-refractivity contribution in [3.8, 4) is 6.07 Å². The Kier molecular flexibility index (Phi) is 3.51. The van der Waals surface area contributed by atoms with Crippen molar-refractivity contribution in [1.29, 1.82) is 5.26 Å². The summed E-state index contributed by atoms with van der Waals surface area (Å²) in [6.45, 7) is 3.33. The topological polar surface area (TPSA) is 95.0 Å². The molecule has 2 aromatic rings. The van der Waals surface area contributed by atoms with E-state index >= 15 is 0 Å². The Bertz CT molecular complexity index is 637. The predicted molar refractivity (Wildman–Crippen MR) is 79.8 cm³/mol. The minimum Gasteiger partial charge on any atom is -0.396 e. The van der Waals surface area contributed by atoms with E-state index in [4.69, 9.17) is 11.0 Å². The zero-order chi connectivity index (χ0) is 14.7. The number of rotatable bonds is 2. The standard InChI is InChI=1S/C14H15N7/c15-7-11-1-2-13(17-8-11)20-3-5-21(6-4-20)14-18-9-12(16)10-19-14/h1-2,8-10H,3-6,16H2. The van der Waals surface area contributed by atoms with Crippen LogP contribution in [0.25, 0.3) is 0 Å². The van der Waals surface area contributed by atoms with Crippen LogP contribution in [0.2, 0.25) is 0 Å². The number of nitrogens with two attached hydrogens (primary N) is 1. The number of aromatic nitrogens is 3. The number of anilines is 3. The Balaban J connectivity index is 1.64. The molecule has 0 amide bonds. The molecule has 106 valence electrons. The molecule has 0 bridgehead atoms. The molecule has 0 unspecified atom stereocenters. The van der Waals surface area contributed by atoms with Crippen LogP contribution in [-0.2, 0) is 0 Å². The van der Waals surface area contributed by atoms with E-state index in [1.54, 1.807) is 24.7 Å². The smallest absolute Gasteiger partial charge is 0.225 e. The van der Waals surface area contributed by atoms with Crippen LogP contribution in [0.5, 0.6) is 0 Å². The van der Waals surface area contributed by atoms with E-state index in [1.807, 2.05) is 6.07 Å². The second-order valence-corrected chi connectivity index (χ2v) is 4.81. The van der Waals surface area contributed by atoms with Crippen molar-refractivity contribution in [2.45, 2.75) is 0 Å². The van der Waals surface area contributed by atoms with Crippen molar-refractivity contribution < 1.29 is 0 Å². The molecule has 3 heterocycles. The number of piperazine rings is 1. The van der Waals surface area contributed by atoms with Crippen molar-refractivity contribution >= 4 is 17.5 Å². The number of nitrogen functional groups attached to an aromatic ring is 1. The SMILES string of the molecule is N#Cc1ccc(N2CCN(c3ncc(N)cn3)CC2)nc1. The van der Waals surface area contributed by atoms with Gasteiger partial charge in [-0.25, -0.2) is 15.0 Å². The van der Waals surface area contributed by atoms with Crippen LogP contribution in [0.4, 0.5) is 17.5 Å². The third kappa shape index (κ3) is 2.84. The van der Waals surface area contributed by atoms with Crippen molar-refractivity contribution in [2.75, 3.05) is 41.7 Å². The molecule has 0 radical (unpaired) electrons. The Morgan fingerprint density at radius 1 is 0.952 bits per heavy atom. The molecule has 0 atom stereocenters. The molecule has 21 heavy (non-hydrogen) atoms. The van der Waals surface area contributed by atoms with Crippen molar-refractivity contribution in [3.63, 3.8) is 0 Å². The van der Waals surface area contributed by atoms with Gasteiger partial charge in [-0.2, -0.15) is 5.26 Å².